The van der Waals surface area contributed by atoms with Crippen molar-refractivity contribution in [3.8, 4) is 0 Å². The van der Waals surface area contributed by atoms with Gasteiger partial charge in [-0.3, -0.25) is 4.79 Å². The van der Waals surface area contributed by atoms with Gasteiger partial charge in [-0.1, -0.05) is 12.1 Å². The number of nitrogens with one attached hydrogen (secondary N) is 2. The fraction of sp³-hybridized carbons (Fsp3) is 0.769. The fourth-order valence-corrected chi connectivity index (χ4v) is 2.53. The number of carbonyl (C=O) groups is 1. The molecule has 2 unspecified atom stereocenters. The van der Waals surface area contributed by atoms with Crippen LogP contribution in [-0.4, -0.2) is 29.1 Å². The third-order valence-corrected chi connectivity index (χ3v) is 4.01. The topological polar surface area (TPSA) is 80.0 Å². The van der Waals surface area contributed by atoms with Gasteiger partial charge in [0, 0.05) is 6.54 Å². The number of carbonyl (C=O) groups excluding carboxylic acids is 1. The SMILES string of the molecule is CC(CNC(=O)c1noc(C2CCCN2)n1)C1CC1. The summed E-state index contributed by atoms with van der Waals surface area (Å²) in [6.45, 7) is 3.82. The van der Waals surface area contributed by atoms with Crippen molar-refractivity contribution in [3.63, 3.8) is 0 Å². The van der Waals surface area contributed by atoms with E-state index in [-0.39, 0.29) is 17.8 Å². The molecule has 0 aromatic carbocycles. The van der Waals surface area contributed by atoms with Crippen molar-refractivity contribution in [2.45, 2.75) is 38.6 Å². The van der Waals surface area contributed by atoms with Crippen molar-refractivity contribution < 1.29 is 9.32 Å². The molecule has 2 heterocycles. The zero-order valence-electron chi connectivity index (χ0n) is 11.2. The van der Waals surface area contributed by atoms with Crippen LogP contribution >= 0.6 is 0 Å². The Kier molecular flexibility index (Phi) is 3.50. The Morgan fingerprint density at radius 2 is 2.37 bits per heavy atom. The van der Waals surface area contributed by atoms with Crippen LogP contribution in [0.2, 0.25) is 0 Å². The predicted molar refractivity (Wildman–Crippen MR) is 68.5 cm³/mol. The van der Waals surface area contributed by atoms with Crippen molar-refractivity contribution in [1.82, 2.24) is 20.8 Å². The molecule has 0 radical (unpaired) electrons. The van der Waals surface area contributed by atoms with E-state index >= 15 is 0 Å². The molecule has 0 spiro atoms. The first-order chi connectivity index (χ1) is 9.24. The van der Waals surface area contributed by atoms with Gasteiger partial charge in [0.1, 0.15) is 0 Å². The maximum absolute atomic E-state index is 11.9. The lowest BCUT2D eigenvalue weighted by Gasteiger charge is -2.09. The molecule has 2 aliphatic rings. The van der Waals surface area contributed by atoms with Crippen molar-refractivity contribution in [3.05, 3.63) is 11.7 Å². The molecule has 104 valence electrons. The highest BCUT2D eigenvalue weighted by molar-refractivity contribution is 5.90. The molecule has 1 amide bonds. The summed E-state index contributed by atoms with van der Waals surface area (Å²) in [5.74, 6) is 1.75. The Bertz CT molecular complexity index is 449. The van der Waals surface area contributed by atoms with Crippen molar-refractivity contribution >= 4 is 5.91 Å². The zero-order chi connectivity index (χ0) is 13.2. The summed E-state index contributed by atoms with van der Waals surface area (Å²) >= 11 is 0. The first-order valence-electron chi connectivity index (χ1n) is 7.09. The van der Waals surface area contributed by atoms with Crippen LogP contribution in [0.5, 0.6) is 0 Å². The van der Waals surface area contributed by atoms with Crippen LogP contribution in [-0.2, 0) is 0 Å². The van der Waals surface area contributed by atoms with E-state index in [0.29, 0.717) is 18.4 Å². The summed E-state index contributed by atoms with van der Waals surface area (Å²) in [5.41, 5.74) is 0. The van der Waals surface area contributed by atoms with Crippen LogP contribution in [0.1, 0.15) is 55.2 Å². The lowest BCUT2D eigenvalue weighted by atomic mass is 10.1. The van der Waals surface area contributed by atoms with Crippen LogP contribution in [0.3, 0.4) is 0 Å². The first-order valence-corrected chi connectivity index (χ1v) is 7.09. The van der Waals surface area contributed by atoms with Gasteiger partial charge >= 0.3 is 0 Å². The van der Waals surface area contributed by atoms with Gasteiger partial charge in [0.25, 0.3) is 11.7 Å². The summed E-state index contributed by atoms with van der Waals surface area (Å²) in [6, 6.07) is 0.111. The average molecular weight is 264 g/mol. The Morgan fingerprint density at radius 1 is 1.53 bits per heavy atom. The second-order valence-corrected chi connectivity index (χ2v) is 5.63. The lowest BCUT2D eigenvalue weighted by molar-refractivity contribution is 0.0933. The van der Waals surface area contributed by atoms with Gasteiger partial charge in [0.15, 0.2) is 0 Å². The van der Waals surface area contributed by atoms with Crippen molar-refractivity contribution in [2.24, 2.45) is 11.8 Å². The van der Waals surface area contributed by atoms with Crippen LogP contribution in [0.4, 0.5) is 0 Å². The van der Waals surface area contributed by atoms with E-state index < -0.39 is 0 Å². The Morgan fingerprint density at radius 3 is 3.05 bits per heavy atom. The van der Waals surface area contributed by atoms with E-state index in [1.807, 2.05) is 0 Å². The maximum Gasteiger partial charge on any atom is 0.292 e. The normalized spacial score (nSPS) is 24.4. The molecule has 6 heteroatoms. The molecule has 2 atom stereocenters. The van der Waals surface area contributed by atoms with E-state index in [4.69, 9.17) is 4.52 Å². The number of aromatic nitrogens is 2. The summed E-state index contributed by atoms with van der Waals surface area (Å²) < 4.78 is 5.15. The van der Waals surface area contributed by atoms with Gasteiger partial charge in [-0.05, 0) is 44.1 Å². The van der Waals surface area contributed by atoms with Crippen LogP contribution in [0, 0.1) is 11.8 Å². The van der Waals surface area contributed by atoms with Gasteiger partial charge in [0.2, 0.25) is 5.89 Å². The molecule has 2 N–H and O–H groups in total. The van der Waals surface area contributed by atoms with Crippen LogP contribution < -0.4 is 10.6 Å². The maximum atomic E-state index is 11.9. The molecule has 6 nitrogen and oxygen atoms in total. The second-order valence-electron chi connectivity index (χ2n) is 5.63. The van der Waals surface area contributed by atoms with Gasteiger partial charge in [-0.25, -0.2) is 0 Å². The standard InChI is InChI=1S/C13H20N4O2/c1-8(9-4-5-9)7-15-12(18)11-16-13(19-17-11)10-3-2-6-14-10/h8-10,14H,2-7H2,1H3,(H,15,18). The minimum absolute atomic E-state index is 0.111. The quantitative estimate of drug-likeness (QED) is 0.837. The van der Waals surface area contributed by atoms with Gasteiger partial charge in [-0.15, -0.1) is 0 Å². The largest absolute Gasteiger partial charge is 0.349 e. The monoisotopic (exact) mass is 264 g/mol. The smallest absolute Gasteiger partial charge is 0.292 e. The number of nitrogens with zero attached hydrogens (tertiary/aromatic N) is 2. The molecule has 1 aromatic heterocycles. The molecule has 19 heavy (non-hydrogen) atoms. The fourth-order valence-electron chi connectivity index (χ4n) is 2.53. The van der Waals surface area contributed by atoms with E-state index in [2.05, 4.69) is 27.7 Å². The molecular weight excluding hydrogens is 244 g/mol. The first kappa shape index (κ1) is 12.6. The summed E-state index contributed by atoms with van der Waals surface area (Å²) in [4.78, 5) is 16.1. The summed E-state index contributed by atoms with van der Waals surface area (Å²) in [7, 11) is 0. The number of amides is 1. The number of hydrogen-bond donors (Lipinski definition) is 2. The lowest BCUT2D eigenvalue weighted by Crippen LogP contribution is -2.29. The zero-order valence-corrected chi connectivity index (χ0v) is 11.2. The Labute approximate surface area is 112 Å². The summed E-state index contributed by atoms with van der Waals surface area (Å²) in [6.07, 6.45) is 4.67. The minimum Gasteiger partial charge on any atom is -0.349 e. The highest BCUT2D eigenvalue weighted by Crippen LogP contribution is 2.36. The predicted octanol–water partition coefficient (Wildman–Crippen LogP) is 1.27. The third-order valence-electron chi connectivity index (χ3n) is 4.01. The minimum atomic E-state index is -0.236. The average Bonchev–Trinajstić information content (AvgIpc) is 2.94. The van der Waals surface area contributed by atoms with E-state index in [9.17, 15) is 4.79 Å². The molecule has 3 rings (SSSR count). The molecule has 1 saturated heterocycles. The van der Waals surface area contributed by atoms with Crippen LogP contribution in [0.15, 0.2) is 4.52 Å². The van der Waals surface area contributed by atoms with Gasteiger partial charge < -0.3 is 15.2 Å². The van der Waals surface area contributed by atoms with Crippen molar-refractivity contribution in [2.75, 3.05) is 13.1 Å². The molecule has 1 aliphatic heterocycles. The number of hydrogen-bond acceptors (Lipinski definition) is 5. The molecule has 2 fully saturated rings. The Balaban J connectivity index is 1.54. The highest BCUT2D eigenvalue weighted by Gasteiger charge is 2.29. The van der Waals surface area contributed by atoms with E-state index in [1.165, 1.54) is 12.8 Å². The van der Waals surface area contributed by atoms with Crippen molar-refractivity contribution in [1.29, 1.82) is 0 Å². The van der Waals surface area contributed by atoms with E-state index in [1.54, 1.807) is 0 Å². The second kappa shape index (κ2) is 5.28. The Hall–Kier alpha value is -1.43. The number of rotatable bonds is 5. The molecule has 1 saturated carbocycles. The summed E-state index contributed by atoms with van der Waals surface area (Å²) in [5, 5.41) is 9.91. The highest BCUT2D eigenvalue weighted by atomic mass is 16.5. The van der Waals surface area contributed by atoms with E-state index in [0.717, 1.165) is 25.3 Å². The molecule has 1 aromatic rings. The molecule has 0 bridgehead atoms. The molecular formula is C13H20N4O2. The third kappa shape index (κ3) is 2.94. The van der Waals surface area contributed by atoms with Crippen LogP contribution in [0.25, 0.3) is 0 Å². The molecule has 1 aliphatic carbocycles. The van der Waals surface area contributed by atoms with Gasteiger partial charge in [-0.2, -0.15) is 4.98 Å². The van der Waals surface area contributed by atoms with Gasteiger partial charge in [0.05, 0.1) is 6.04 Å².